The van der Waals surface area contributed by atoms with Crippen LogP contribution in [0.25, 0.3) is 0 Å². The highest BCUT2D eigenvalue weighted by atomic mass is 16.5. The summed E-state index contributed by atoms with van der Waals surface area (Å²) in [6, 6.07) is 8.12. The van der Waals surface area contributed by atoms with Gasteiger partial charge in [-0.1, -0.05) is 26.0 Å². The van der Waals surface area contributed by atoms with Crippen molar-refractivity contribution < 1.29 is 9.53 Å². The number of benzene rings is 1. The van der Waals surface area contributed by atoms with Gasteiger partial charge in [0.05, 0.1) is 6.54 Å². The molecule has 0 aromatic heterocycles. The summed E-state index contributed by atoms with van der Waals surface area (Å²) in [4.78, 5) is 16.2. The Morgan fingerprint density at radius 2 is 2.08 bits per heavy atom. The van der Waals surface area contributed by atoms with Crippen LogP contribution >= 0.6 is 0 Å². The number of carbonyl (C=O) groups excluding carboxylic acids is 1. The van der Waals surface area contributed by atoms with Crippen molar-refractivity contribution in [1.29, 1.82) is 0 Å². The van der Waals surface area contributed by atoms with Gasteiger partial charge in [-0.15, -0.1) is 0 Å². The molecule has 1 atom stereocenters. The molecule has 2 amide bonds. The van der Waals surface area contributed by atoms with Crippen molar-refractivity contribution in [3.8, 4) is 5.75 Å². The van der Waals surface area contributed by atoms with Crippen LogP contribution in [0, 0.1) is 5.92 Å². The van der Waals surface area contributed by atoms with E-state index in [0.29, 0.717) is 25.0 Å². The fourth-order valence-electron chi connectivity index (χ4n) is 3.06. The Kier molecular flexibility index (Phi) is 6.91. The minimum atomic E-state index is -0.0247. The third kappa shape index (κ3) is 5.71. The molecule has 1 aliphatic rings. The van der Waals surface area contributed by atoms with Crippen molar-refractivity contribution in [2.24, 2.45) is 5.92 Å². The fourth-order valence-corrected chi connectivity index (χ4v) is 3.06. The van der Waals surface area contributed by atoms with E-state index in [1.165, 1.54) is 12.0 Å². The molecule has 0 saturated carbocycles. The van der Waals surface area contributed by atoms with Crippen LogP contribution in [0.5, 0.6) is 5.75 Å². The van der Waals surface area contributed by atoms with E-state index in [4.69, 9.17) is 4.74 Å². The highest BCUT2D eigenvalue weighted by Crippen LogP contribution is 2.18. The highest BCUT2D eigenvalue weighted by molar-refractivity contribution is 5.73. The number of rotatable bonds is 7. The van der Waals surface area contributed by atoms with Crippen LogP contribution in [-0.4, -0.2) is 62.7 Å². The fraction of sp³-hybridized carbons (Fsp3) is 0.632. The van der Waals surface area contributed by atoms with Gasteiger partial charge in [-0.3, -0.25) is 0 Å². The van der Waals surface area contributed by atoms with Gasteiger partial charge >= 0.3 is 6.03 Å². The molecule has 1 aliphatic heterocycles. The van der Waals surface area contributed by atoms with Gasteiger partial charge in [0.2, 0.25) is 0 Å². The molecule has 1 aromatic rings. The molecule has 1 N–H and O–H groups in total. The summed E-state index contributed by atoms with van der Waals surface area (Å²) in [7, 11) is 3.99. The summed E-state index contributed by atoms with van der Waals surface area (Å²) in [5.74, 6) is 1.95. The predicted octanol–water partition coefficient (Wildman–Crippen LogP) is 2.78. The maximum absolute atomic E-state index is 12.1. The zero-order valence-electron chi connectivity index (χ0n) is 15.4. The predicted molar refractivity (Wildman–Crippen MR) is 97.7 cm³/mol. The number of likely N-dealkylation sites (tertiary alicyclic amines) is 1. The quantitative estimate of drug-likeness (QED) is 0.781. The van der Waals surface area contributed by atoms with Gasteiger partial charge in [-0.2, -0.15) is 0 Å². The number of hydrogen-bond donors (Lipinski definition) is 1. The SMILES string of the molecule is CC(C)c1ccc(OCCNC(=O)N(C)CC2CCN(C)C2)cc1. The second kappa shape index (κ2) is 8.92. The smallest absolute Gasteiger partial charge is 0.317 e. The standard InChI is InChI=1S/C19H31N3O2/c1-15(2)17-5-7-18(8-6-17)24-12-10-20-19(23)22(4)14-16-9-11-21(3)13-16/h5-8,15-16H,9-14H2,1-4H3,(H,20,23). The maximum Gasteiger partial charge on any atom is 0.317 e. The van der Waals surface area contributed by atoms with E-state index in [-0.39, 0.29) is 6.03 Å². The van der Waals surface area contributed by atoms with Gasteiger partial charge in [0.1, 0.15) is 12.4 Å². The lowest BCUT2D eigenvalue weighted by atomic mass is 10.0. The first kappa shape index (κ1) is 18.6. The average molecular weight is 333 g/mol. The van der Waals surface area contributed by atoms with E-state index in [1.807, 2.05) is 19.2 Å². The molecule has 0 spiro atoms. The Morgan fingerprint density at radius 1 is 1.38 bits per heavy atom. The van der Waals surface area contributed by atoms with Gasteiger partial charge in [-0.05, 0) is 49.5 Å². The average Bonchev–Trinajstić information content (AvgIpc) is 2.96. The number of nitrogens with one attached hydrogen (secondary N) is 1. The summed E-state index contributed by atoms with van der Waals surface area (Å²) in [6.45, 7) is 8.35. The lowest BCUT2D eigenvalue weighted by molar-refractivity contribution is 0.197. The largest absolute Gasteiger partial charge is 0.492 e. The Bertz CT molecular complexity index is 516. The van der Waals surface area contributed by atoms with Crippen LogP contribution < -0.4 is 10.1 Å². The number of ether oxygens (including phenoxy) is 1. The van der Waals surface area contributed by atoms with Gasteiger partial charge < -0.3 is 19.9 Å². The molecule has 0 radical (unpaired) electrons. The number of hydrogen-bond acceptors (Lipinski definition) is 3. The Labute approximate surface area is 146 Å². The van der Waals surface area contributed by atoms with Crippen LogP contribution in [0.1, 0.15) is 31.7 Å². The third-order valence-corrected chi connectivity index (χ3v) is 4.56. The normalized spacial score (nSPS) is 18.0. The molecule has 0 bridgehead atoms. The van der Waals surface area contributed by atoms with Crippen molar-refractivity contribution in [1.82, 2.24) is 15.1 Å². The van der Waals surface area contributed by atoms with E-state index in [2.05, 4.69) is 43.2 Å². The molecule has 1 fully saturated rings. The molecule has 5 nitrogen and oxygen atoms in total. The molecule has 1 heterocycles. The van der Waals surface area contributed by atoms with Crippen molar-refractivity contribution in [2.45, 2.75) is 26.2 Å². The number of amides is 2. The summed E-state index contributed by atoms with van der Waals surface area (Å²) < 4.78 is 5.68. The van der Waals surface area contributed by atoms with Gasteiger partial charge in [0.15, 0.2) is 0 Å². The van der Waals surface area contributed by atoms with E-state index >= 15 is 0 Å². The van der Waals surface area contributed by atoms with Crippen molar-refractivity contribution in [3.05, 3.63) is 29.8 Å². The first-order chi connectivity index (χ1) is 11.5. The van der Waals surface area contributed by atoms with Crippen LogP contribution in [-0.2, 0) is 0 Å². The zero-order chi connectivity index (χ0) is 17.5. The Hall–Kier alpha value is -1.75. The van der Waals surface area contributed by atoms with Crippen molar-refractivity contribution >= 4 is 6.03 Å². The summed E-state index contributed by atoms with van der Waals surface area (Å²) in [5, 5.41) is 2.92. The van der Waals surface area contributed by atoms with Crippen LogP contribution in [0.2, 0.25) is 0 Å². The van der Waals surface area contributed by atoms with E-state index in [0.717, 1.165) is 25.4 Å². The minimum Gasteiger partial charge on any atom is -0.492 e. The minimum absolute atomic E-state index is 0.0247. The number of nitrogens with zero attached hydrogens (tertiary/aromatic N) is 2. The first-order valence-corrected chi connectivity index (χ1v) is 8.86. The van der Waals surface area contributed by atoms with Crippen molar-refractivity contribution in [3.63, 3.8) is 0 Å². The first-order valence-electron chi connectivity index (χ1n) is 8.86. The molecule has 1 unspecified atom stereocenters. The number of urea groups is 1. The summed E-state index contributed by atoms with van der Waals surface area (Å²) in [5.41, 5.74) is 1.30. The molecule has 1 aromatic carbocycles. The molecule has 24 heavy (non-hydrogen) atoms. The third-order valence-electron chi connectivity index (χ3n) is 4.56. The van der Waals surface area contributed by atoms with E-state index < -0.39 is 0 Å². The van der Waals surface area contributed by atoms with E-state index in [9.17, 15) is 4.79 Å². The van der Waals surface area contributed by atoms with Crippen molar-refractivity contribution in [2.75, 3.05) is 46.9 Å². The van der Waals surface area contributed by atoms with Gasteiger partial charge in [0.25, 0.3) is 0 Å². The second-order valence-electron chi connectivity index (χ2n) is 7.10. The Balaban J connectivity index is 1.63. The highest BCUT2D eigenvalue weighted by Gasteiger charge is 2.22. The summed E-state index contributed by atoms with van der Waals surface area (Å²) in [6.07, 6.45) is 1.17. The van der Waals surface area contributed by atoms with Crippen LogP contribution in [0.4, 0.5) is 4.79 Å². The van der Waals surface area contributed by atoms with Crippen LogP contribution in [0.15, 0.2) is 24.3 Å². The van der Waals surface area contributed by atoms with Gasteiger partial charge in [-0.25, -0.2) is 4.79 Å². The second-order valence-corrected chi connectivity index (χ2v) is 7.10. The zero-order valence-corrected chi connectivity index (χ0v) is 15.4. The maximum atomic E-state index is 12.1. The molecule has 134 valence electrons. The van der Waals surface area contributed by atoms with Gasteiger partial charge in [0, 0.05) is 20.1 Å². The van der Waals surface area contributed by atoms with E-state index in [1.54, 1.807) is 4.90 Å². The Morgan fingerprint density at radius 3 is 2.67 bits per heavy atom. The summed E-state index contributed by atoms with van der Waals surface area (Å²) >= 11 is 0. The topological polar surface area (TPSA) is 44.8 Å². The molecular weight excluding hydrogens is 302 g/mol. The molecule has 1 saturated heterocycles. The lowest BCUT2D eigenvalue weighted by Crippen LogP contribution is -2.41. The molecule has 2 rings (SSSR count). The number of carbonyl (C=O) groups is 1. The molecular formula is C19H31N3O2. The lowest BCUT2D eigenvalue weighted by Gasteiger charge is -2.21. The molecule has 5 heteroatoms. The van der Waals surface area contributed by atoms with Crippen LogP contribution in [0.3, 0.4) is 0 Å². The molecule has 0 aliphatic carbocycles. The monoisotopic (exact) mass is 333 g/mol.